The normalized spacial score (nSPS) is 10.3. The van der Waals surface area contributed by atoms with Crippen molar-refractivity contribution in [2.45, 2.75) is 20.0 Å². The summed E-state index contributed by atoms with van der Waals surface area (Å²) >= 11 is 0. The third-order valence-electron chi connectivity index (χ3n) is 2.59. The number of nitrogens with one attached hydrogen (secondary N) is 1. The van der Waals surface area contributed by atoms with Crippen LogP contribution in [0.4, 0.5) is 4.39 Å². The van der Waals surface area contributed by atoms with E-state index in [2.05, 4.69) is 10.4 Å². The number of rotatable bonds is 4. The molecule has 1 heterocycles. The second-order valence-electron chi connectivity index (χ2n) is 4.06. The van der Waals surface area contributed by atoms with E-state index in [1.807, 2.05) is 0 Å². The molecule has 5 heteroatoms. The van der Waals surface area contributed by atoms with E-state index >= 15 is 0 Å². The molecule has 0 saturated heterocycles. The quantitative estimate of drug-likeness (QED) is 0.893. The summed E-state index contributed by atoms with van der Waals surface area (Å²) in [6.07, 6.45) is 3.33. The molecule has 0 radical (unpaired) electrons. The van der Waals surface area contributed by atoms with E-state index in [4.69, 9.17) is 0 Å². The lowest BCUT2D eigenvalue weighted by Crippen LogP contribution is -2.27. The molecule has 94 valence electrons. The van der Waals surface area contributed by atoms with Crippen LogP contribution in [0.5, 0.6) is 0 Å². The fourth-order valence-electron chi connectivity index (χ4n) is 1.54. The van der Waals surface area contributed by atoms with Crippen molar-refractivity contribution in [3.05, 3.63) is 53.6 Å². The van der Waals surface area contributed by atoms with Gasteiger partial charge in [0.1, 0.15) is 12.4 Å². The van der Waals surface area contributed by atoms with Gasteiger partial charge in [0.2, 0.25) is 5.91 Å². The summed E-state index contributed by atoms with van der Waals surface area (Å²) in [5.41, 5.74) is 1.34. The van der Waals surface area contributed by atoms with Crippen molar-refractivity contribution in [2.24, 2.45) is 0 Å². The molecule has 0 unspecified atom stereocenters. The molecule has 18 heavy (non-hydrogen) atoms. The smallest absolute Gasteiger partial charge is 0.241 e. The Hall–Kier alpha value is -2.17. The zero-order valence-corrected chi connectivity index (χ0v) is 10.1. The Kier molecular flexibility index (Phi) is 3.72. The van der Waals surface area contributed by atoms with E-state index in [9.17, 15) is 9.18 Å². The van der Waals surface area contributed by atoms with Gasteiger partial charge in [-0.15, -0.1) is 0 Å². The summed E-state index contributed by atoms with van der Waals surface area (Å²) in [5, 5.41) is 6.65. The summed E-state index contributed by atoms with van der Waals surface area (Å²) in [4.78, 5) is 11.6. The lowest BCUT2D eigenvalue weighted by molar-refractivity contribution is -0.122. The van der Waals surface area contributed by atoms with E-state index in [1.54, 1.807) is 37.5 Å². The predicted molar refractivity (Wildman–Crippen MR) is 65.2 cm³/mol. The molecule has 2 aromatic rings. The van der Waals surface area contributed by atoms with Crippen LogP contribution < -0.4 is 5.32 Å². The van der Waals surface area contributed by atoms with Crippen molar-refractivity contribution >= 4 is 5.91 Å². The summed E-state index contributed by atoms with van der Waals surface area (Å²) in [7, 11) is 0. The minimum atomic E-state index is -0.256. The molecule has 1 aromatic carbocycles. The molecular formula is C13H14FN3O. The number of benzene rings is 1. The van der Waals surface area contributed by atoms with Gasteiger partial charge >= 0.3 is 0 Å². The van der Waals surface area contributed by atoms with E-state index < -0.39 is 0 Å². The Morgan fingerprint density at radius 3 is 3.00 bits per heavy atom. The van der Waals surface area contributed by atoms with Gasteiger partial charge in [0.15, 0.2) is 0 Å². The van der Waals surface area contributed by atoms with Crippen LogP contribution in [0.1, 0.15) is 11.1 Å². The van der Waals surface area contributed by atoms with Crippen molar-refractivity contribution in [3.63, 3.8) is 0 Å². The molecule has 1 amide bonds. The fraction of sp³-hybridized carbons (Fsp3) is 0.231. The van der Waals surface area contributed by atoms with Crippen LogP contribution in [0.3, 0.4) is 0 Å². The minimum Gasteiger partial charge on any atom is -0.350 e. The third-order valence-corrected chi connectivity index (χ3v) is 2.59. The molecule has 0 aliphatic carbocycles. The number of nitrogens with zero attached hydrogens (tertiary/aromatic N) is 2. The zero-order chi connectivity index (χ0) is 13.0. The Labute approximate surface area is 104 Å². The number of halogens is 1. The van der Waals surface area contributed by atoms with Gasteiger partial charge in [0, 0.05) is 18.9 Å². The Balaban J connectivity index is 1.87. The van der Waals surface area contributed by atoms with Crippen LogP contribution in [0.25, 0.3) is 0 Å². The molecule has 2 rings (SSSR count). The van der Waals surface area contributed by atoms with Crippen molar-refractivity contribution in [1.29, 1.82) is 0 Å². The largest absolute Gasteiger partial charge is 0.350 e. The molecule has 0 fully saturated rings. The number of carbonyl (C=O) groups is 1. The fourth-order valence-corrected chi connectivity index (χ4v) is 1.54. The first-order valence-electron chi connectivity index (χ1n) is 5.64. The maximum absolute atomic E-state index is 13.3. The highest BCUT2D eigenvalue weighted by atomic mass is 19.1. The molecule has 1 aromatic heterocycles. The van der Waals surface area contributed by atoms with Gasteiger partial charge in [-0.3, -0.25) is 9.48 Å². The van der Waals surface area contributed by atoms with Gasteiger partial charge in [-0.2, -0.15) is 5.10 Å². The monoisotopic (exact) mass is 247 g/mol. The summed E-state index contributed by atoms with van der Waals surface area (Å²) in [5.74, 6) is -0.409. The average Bonchev–Trinajstić information content (AvgIpc) is 2.83. The topological polar surface area (TPSA) is 46.9 Å². The number of hydrogen-bond donors (Lipinski definition) is 1. The highest BCUT2D eigenvalue weighted by molar-refractivity contribution is 5.75. The van der Waals surface area contributed by atoms with E-state index in [-0.39, 0.29) is 18.3 Å². The maximum atomic E-state index is 13.3. The zero-order valence-electron chi connectivity index (χ0n) is 10.1. The number of aryl methyl sites for hydroxylation is 1. The first-order valence-corrected chi connectivity index (χ1v) is 5.64. The average molecular weight is 247 g/mol. The van der Waals surface area contributed by atoms with E-state index in [0.717, 1.165) is 5.56 Å². The standard InChI is InChI=1S/C13H14FN3O/c1-10-3-4-11(7-12(10)14)8-15-13(18)9-17-6-2-5-16-17/h2-7H,8-9H2,1H3,(H,15,18). The molecule has 4 nitrogen and oxygen atoms in total. The summed E-state index contributed by atoms with van der Waals surface area (Å²) in [6, 6.07) is 6.68. The summed E-state index contributed by atoms with van der Waals surface area (Å²) < 4.78 is 14.8. The second-order valence-corrected chi connectivity index (χ2v) is 4.06. The molecular weight excluding hydrogens is 233 g/mol. The van der Waals surface area contributed by atoms with Crippen LogP contribution in [-0.2, 0) is 17.9 Å². The first-order chi connectivity index (χ1) is 8.65. The Morgan fingerprint density at radius 2 is 2.33 bits per heavy atom. The molecule has 0 aliphatic rings. The van der Waals surface area contributed by atoms with Gasteiger partial charge in [0.25, 0.3) is 0 Å². The predicted octanol–water partition coefficient (Wildman–Crippen LogP) is 1.65. The highest BCUT2D eigenvalue weighted by Crippen LogP contribution is 2.08. The third kappa shape index (κ3) is 3.16. The van der Waals surface area contributed by atoms with Crippen molar-refractivity contribution in [1.82, 2.24) is 15.1 Å². The molecule has 0 aliphatic heterocycles. The Bertz CT molecular complexity index is 537. The van der Waals surface area contributed by atoms with Crippen LogP contribution in [0.2, 0.25) is 0 Å². The Morgan fingerprint density at radius 1 is 1.50 bits per heavy atom. The molecule has 1 N–H and O–H groups in total. The number of amides is 1. The van der Waals surface area contributed by atoms with Crippen LogP contribution in [0.15, 0.2) is 36.7 Å². The number of hydrogen-bond acceptors (Lipinski definition) is 2. The van der Waals surface area contributed by atoms with Crippen molar-refractivity contribution in [3.8, 4) is 0 Å². The number of aromatic nitrogens is 2. The number of carbonyl (C=O) groups excluding carboxylic acids is 1. The van der Waals surface area contributed by atoms with E-state index in [1.165, 1.54) is 10.7 Å². The lowest BCUT2D eigenvalue weighted by atomic mass is 10.1. The van der Waals surface area contributed by atoms with Gasteiger partial charge in [-0.1, -0.05) is 12.1 Å². The van der Waals surface area contributed by atoms with Crippen LogP contribution >= 0.6 is 0 Å². The van der Waals surface area contributed by atoms with Crippen molar-refractivity contribution in [2.75, 3.05) is 0 Å². The van der Waals surface area contributed by atoms with Crippen LogP contribution in [0, 0.1) is 12.7 Å². The lowest BCUT2D eigenvalue weighted by Gasteiger charge is -2.06. The molecule has 0 atom stereocenters. The first kappa shape index (κ1) is 12.3. The summed E-state index contributed by atoms with van der Waals surface area (Å²) in [6.45, 7) is 2.19. The maximum Gasteiger partial charge on any atom is 0.241 e. The van der Waals surface area contributed by atoms with Crippen molar-refractivity contribution < 1.29 is 9.18 Å². The van der Waals surface area contributed by atoms with Gasteiger partial charge in [-0.25, -0.2) is 4.39 Å². The van der Waals surface area contributed by atoms with E-state index in [0.29, 0.717) is 12.1 Å². The molecule has 0 spiro atoms. The van der Waals surface area contributed by atoms with Gasteiger partial charge < -0.3 is 5.32 Å². The van der Waals surface area contributed by atoms with Gasteiger partial charge in [0.05, 0.1) is 0 Å². The second kappa shape index (κ2) is 5.44. The minimum absolute atomic E-state index is 0.153. The SMILES string of the molecule is Cc1ccc(CNC(=O)Cn2cccn2)cc1F. The van der Waals surface area contributed by atoms with Gasteiger partial charge in [-0.05, 0) is 30.2 Å². The highest BCUT2D eigenvalue weighted by Gasteiger charge is 2.04. The van der Waals surface area contributed by atoms with Crippen LogP contribution in [-0.4, -0.2) is 15.7 Å². The molecule has 0 saturated carbocycles. The molecule has 0 bridgehead atoms.